The fraction of sp³-hybridized carbons (Fsp3) is 0.333. The third-order valence-electron chi connectivity index (χ3n) is 5.79. The highest BCUT2D eigenvalue weighted by Gasteiger charge is 2.31. The number of para-hydroxylation sites is 1. The van der Waals surface area contributed by atoms with Crippen LogP contribution in [-0.4, -0.2) is 40.3 Å². The number of carbonyl (C=O) groups is 1. The minimum absolute atomic E-state index is 0.150. The van der Waals surface area contributed by atoms with Crippen LogP contribution in [0.2, 0.25) is 0 Å². The molecule has 0 aliphatic carbocycles. The van der Waals surface area contributed by atoms with Crippen molar-refractivity contribution >= 4 is 5.91 Å². The standard InChI is InChI=1S/C24H24F3N3O2/c1-17-22(15-28-30(17)20-7-5-6-19(14-20)24(25,26)27)23(31)29-12-10-18(11-13-29)16-32-21-8-3-2-4-9-21/h2-9,14-15,18H,10-13,16H2,1H3. The number of hydrogen-bond donors (Lipinski definition) is 0. The molecule has 0 atom stereocenters. The lowest BCUT2D eigenvalue weighted by atomic mass is 9.97. The zero-order valence-electron chi connectivity index (χ0n) is 17.7. The van der Waals surface area contributed by atoms with Crippen LogP contribution < -0.4 is 4.74 Å². The van der Waals surface area contributed by atoms with Crippen LogP contribution in [0.3, 0.4) is 0 Å². The Bertz CT molecular complexity index is 1070. The van der Waals surface area contributed by atoms with E-state index in [-0.39, 0.29) is 11.6 Å². The lowest BCUT2D eigenvalue weighted by Gasteiger charge is -2.31. The van der Waals surface area contributed by atoms with Crippen LogP contribution in [0.15, 0.2) is 60.8 Å². The molecular weight excluding hydrogens is 419 g/mol. The van der Waals surface area contributed by atoms with Gasteiger partial charge in [0, 0.05) is 13.1 Å². The molecule has 1 fully saturated rings. The van der Waals surface area contributed by atoms with E-state index in [1.54, 1.807) is 17.9 Å². The molecule has 2 aromatic carbocycles. The van der Waals surface area contributed by atoms with Gasteiger partial charge in [0.1, 0.15) is 5.75 Å². The first-order chi connectivity index (χ1) is 15.3. The maximum Gasteiger partial charge on any atom is 0.416 e. The van der Waals surface area contributed by atoms with Crippen molar-refractivity contribution in [2.24, 2.45) is 5.92 Å². The summed E-state index contributed by atoms with van der Waals surface area (Å²) < 4.78 is 46.3. The first-order valence-corrected chi connectivity index (χ1v) is 10.5. The fourth-order valence-electron chi connectivity index (χ4n) is 3.90. The van der Waals surface area contributed by atoms with Crippen LogP contribution in [0.5, 0.6) is 5.75 Å². The molecule has 0 saturated carbocycles. The second kappa shape index (κ2) is 9.06. The third-order valence-corrected chi connectivity index (χ3v) is 5.79. The molecule has 1 aliphatic heterocycles. The molecule has 0 bridgehead atoms. The summed E-state index contributed by atoms with van der Waals surface area (Å²) in [6.07, 6.45) is -1.34. The molecule has 1 aromatic heterocycles. The lowest BCUT2D eigenvalue weighted by molar-refractivity contribution is -0.137. The topological polar surface area (TPSA) is 47.4 Å². The fourth-order valence-corrected chi connectivity index (χ4v) is 3.90. The first kappa shape index (κ1) is 21.9. The van der Waals surface area contributed by atoms with E-state index < -0.39 is 11.7 Å². The molecule has 1 saturated heterocycles. The van der Waals surface area contributed by atoms with Gasteiger partial charge in [-0.25, -0.2) is 4.68 Å². The highest BCUT2D eigenvalue weighted by atomic mass is 19.4. The van der Waals surface area contributed by atoms with E-state index >= 15 is 0 Å². The van der Waals surface area contributed by atoms with Crippen molar-refractivity contribution in [2.75, 3.05) is 19.7 Å². The van der Waals surface area contributed by atoms with Gasteiger partial charge >= 0.3 is 6.18 Å². The van der Waals surface area contributed by atoms with E-state index in [4.69, 9.17) is 4.74 Å². The summed E-state index contributed by atoms with van der Waals surface area (Å²) in [7, 11) is 0. The number of amides is 1. The molecule has 5 nitrogen and oxygen atoms in total. The molecule has 1 aliphatic rings. The number of ether oxygens (including phenoxy) is 1. The molecule has 1 amide bonds. The van der Waals surface area contributed by atoms with Crippen molar-refractivity contribution in [3.63, 3.8) is 0 Å². The molecule has 32 heavy (non-hydrogen) atoms. The van der Waals surface area contributed by atoms with E-state index in [2.05, 4.69) is 5.10 Å². The maximum absolute atomic E-state index is 13.0. The van der Waals surface area contributed by atoms with Crippen molar-refractivity contribution in [3.05, 3.63) is 77.6 Å². The summed E-state index contributed by atoms with van der Waals surface area (Å²) in [5.41, 5.74) is 0.441. The summed E-state index contributed by atoms with van der Waals surface area (Å²) in [5.74, 6) is 1.06. The molecule has 0 spiro atoms. The van der Waals surface area contributed by atoms with Gasteiger partial charge in [0.15, 0.2) is 0 Å². The van der Waals surface area contributed by atoms with Crippen molar-refractivity contribution in [3.8, 4) is 11.4 Å². The van der Waals surface area contributed by atoms with Gasteiger partial charge in [-0.1, -0.05) is 24.3 Å². The average Bonchev–Trinajstić information content (AvgIpc) is 3.19. The predicted octanol–water partition coefficient (Wildman–Crippen LogP) is 5.13. The summed E-state index contributed by atoms with van der Waals surface area (Å²) in [6.45, 7) is 3.52. The van der Waals surface area contributed by atoms with Crippen LogP contribution in [0, 0.1) is 12.8 Å². The van der Waals surface area contributed by atoms with Crippen LogP contribution >= 0.6 is 0 Å². The van der Waals surface area contributed by atoms with Gasteiger partial charge in [-0.05, 0) is 56.0 Å². The first-order valence-electron chi connectivity index (χ1n) is 10.5. The molecule has 0 N–H and O–H groups in total. The second-order valence-electron chi connectivity index (χ2n) is 7.96. The average molecular weight is 443 g/mol. The number of rotatable bonds is 5. The monoisotopic (exact) mass is 443 g/mol. The molecule has 4 rings (SSSR count). The van der Waals surface area contributed by atoms with Crippen LogP contribution in [0.1, 0.15) is 34.5 Å². The molecule has 8 heteroatoms. The highest BCUT2D eigenvalue weighted by molar-refractivity contribution is 5.95. The van der Waals surface area contributed by atoms with Gasteiger partial charge in [0.25, 0.3) is 5.91 Å². The van der Waals surface area contributed by atoms with Crippen molar-refractivity contribution < 1.29 is 22.7 Å². The Labute approximate surface area is 184 Å². The number of carbonyl (C=O) groups excluding carboxylic acids is 1. The van der Waals surface area contributed by atoms with Gasteiger partial charge in [0.2, 0.25) is 0 Å². The van der Waals surface area contributed by atoms with Gasteiger partial charge in [-0.15, -0.1) is 0 Å². The van der Waals surface area contributed by atoms with Crippen LogP contribution in [-0.2, 0) is 6.18 Å². The largest absolute Gasteiger partial charge is 0.493 e. The molecule has 2 heterocycles. The minimum Gasteiger partial charge on any atom is -0.493 e. The van der Waals surface area contributed by atoms with Crippen LogP contribution in [0.25, 0.3) is 5.69 Å². The van der Waals surface area contributed by atoms with E-state index in [0.717, 1.165) is 30.7 Å². The Morgan fingerprint density at radius 1 is 1.09 bits per heavy atom. The number of alkyl halides is 3. The Morgan fingerprint density at radius 2 is 1.81 bits per heavy atom. The van der Waals surface area contributed by atoms with Gasteiger partial charge in [-0.2, -0.15) is 18.3 Å². The second-order valence-corrected chi connectivity index (χ2v) is 7.96. The molecular formula is C24H24F3N3O2. The van der Waals surface area contributed by atoms with E-state index in [1.165, 1.54) is 16.9 Å². The van der Waals surface area contributed by atoms with Crippen molar-refractivity contribution in [1.82, 2.24) is 14.7 Å². The van der Waals surface area contributed by atoms with Gasteiger partial charge in [0.05, 0.1) is 35.3 Å². The number of halogens is 3. The van der Waals surface area contributed by atoms with Crippen molar-refractivity contribution in [1.29, 1.82) is 0 Å². The van der Waals surface area contributed by atoms with E-state index in [9.17, 15) is 18.0 Å². The zero-order chi connectivity index (χ0) is 22.7. The normalized spacial score (nSPS) is 15.1. The lowest BCUT2D eigenvalue weighted by Crippen LogP contribution is -2.39. The summed E-state index contributed by atoms with van der Waals surface area (Å²) in [5, 5.41) is 4.18. The molecule has 3 aromatic rings. The van der Waals surface area contributed by atoms with Crippen LogP contribution in [0.4, 0.5) is 13.2 Å². The van der Waals surface area contributed by atoms with Crippen molar-refractivity contribution in [2.45, 2.75) is 25.9 Å². The number of piperidine rings is 1. The molecule has 0 radical (unpaired) electrons. The predicted molar refractivity (Wildman–Crippen MR) is 114 cm³/mol. The number of benzene rings is 2. The highest BCUT2D eigenvalue weighted by Crippen LogP contribution is 2.31. The Kier molecular flexibility index (Phi) is 6.21. The zero-order valence-corrected chi connectivity index (χ0v) is 17.7. The Balaban J connectivity index is 1.39. The van der Waals surface area contributed by atoms with E-state index in [1.807, 2.05) is 30.3 Å². The SMILES string of the molecule is Cc1c(C(=O)N2CCC(COc3ccccc3)CC2)cnn1-c1cccc(C(F)(F)F)c1. The summed E-state index contributed by atoms with van der Waals surface area (Å²) in [6, 6.07) is 14.6. The smallest absolute Gasteiger partial charge is 0.416 e. The van der Waals surface area contributed by atoms with E-state index in [0.29, 0.717) is 36.9 Å². The number of nitrogens with zero attached hydrogens (tertiary/aromatic N) is 3. The quantitative estimate of drug-likeness (QED) is 0.549. The maximum atomic E-state index is 13.0. The molecule has 168 valence electrons. The molecule has 0 unspecified atom stereocenters. The van der Waals surface area contributed by atoms with Gasteiger partial charge < -0.3 is 9.64 Å². The summed E-state index contributed by atoms with van der Waals surface area (Å²) >= 11 is 0. The minimum atomic E-state index is -4.44. The van der Waals surface area contributed by atoms with Gasteiger partial charge in [-0.3, -0.25) is 4.79 Å². The third kappa shape index (κ3) is 4.79. The number of hydrogen-bond acceptors (Lipinski definition) is 3. The number of likely N-dealkylation sites (tertiary alicyclic amines) is 1. The Hall–Kier alpha value is -3.29. The number of aromatic nitrogens is 2. The summed E-state index contributed by atoms with van der Waals surface area (Å²) in [4.78, 5) is 14.8. The Morgan fingerprint density at radius 3 is 2.50 bits per heavy atom.